The third kappa shape index (κ3) is 2.33. The molecule has 3 nitrogen and oxygen atoms in total. The van der Waals surface area contributed by atoms with Gasteiger partial charge >= 0.3 is 0 Å². The first-order chi connectivity index (χ1) is 9.24. The Labute approximate surface area is 112 Å². The summed E-state index contributed by atoms with van der Waals surface area (Å²) in [6.07, 6.45) is 3.64. The molecule has 2 N–H and O–H groups in total. The molecule has 2 heterocycles. The van der Waals surface area contributed by atoms with Crippen LogP contribution in [0, 0.1) is 6.92 Å². The van der Waals surface area contributed by atoms with Gasteiger partial charge in [0, 0.05) is 23.5 Å². The predicted molar refractivity (Wildman–Crippen MR) is 76.7 cm³/mol. The van der Waals surface area contributed by atoms with E-state index in [1.54, 1.807) is 6.20 Å². The molecule has 0 bridgehead atoms. The van der Waals surface area contributed by atoms with Gasteiger partial charge in [0.2, 0.25) is 0 Å². The number of rotatable bonds is 2. The van der Waals surface area contributed by atoms with E-state index < -0.39 is 0 Å². The van der Waals surface area contributed by atoms with Crippen LogP contribution in [0.5, 0.6) is 0 Å². The summed E-state index contributed by atoms with van der Waals surface area (Å²) in [7, 11) is 0. The Hall–Kier alpha value is -2.26. The standard InChI is InChI=1S/C16H15N3/c1-11-8-13(6-7-18-11)16(17)14-9-12-4-2-3-5-15(12)19-10-14/h2-10,16H,17H2,1H3. The van der Waals surface area contributed by atoms with E-state index in [1.807, 2.05) is 43.5 Å². The van der Waals surface area contributed by atoms with Crippen molar-refractivity contribution in [2.24, 2.45) is 5.73 Å². The minimum atomic E-state index is -0.168. The Morgan fingerprint density at radius 1 is 1.00 bits per heavy atom. The molecule has 1 atom stereocenters. The molecule has 0 aliphatic rings. The van der Waals surface area contributed by atoms with Crippen LogP contribution >= 0.6 is 0 Å². The Morgan fingerprint density at radius 2 is 1.84 bits per heavy atom. The van der Waals surface area contributed by atoms with Crippen LogP contribution in [0.2, 0.25) is 0 Å². The van der Waals surface area contributed by atoms with E-state index in [1.165, 1.54) is 0 Å². The Kier molecular flexibility index (Phi) is 2.97. The number of aryl methyl sites for hydroxylation is 1. The highest BCUT2D eigenvalue weighted by Crippen LogP contribution is 2.22. The van der Waals surface area contributed by atoms with E-state index in [9.17, 15) is 0 Å². The van der Waals surface area contributed by atoms with Gasteiger partial charge in [0.25, 0.3) is 0 Å². The summed E-state index contributed by atoms with van der Waals surface area (Å²) in [5.41, 5.74) is 10.4. The van der Waals surface area contributed by atoms with Crippen molar-refractivity contribution in [3.8, 4) is 0 Å². The predicted octanol–water partition coefficient (Wildman–Crippen LogP) is 2.99. The molecule has 94 valence electrons. The lowest BCUT2D eigenvalue weighted by Crippen LogP contribution is -2.12. The minimum absolute atomic E-state index is 0.168. The second-order valence-corrected chi connectivity index (χ2v) is 4.67. The molecule has 0 aliphatic heterocycles. The average molecular weight is 249 g/mol. The van der Waals surface area contributed by atoms with Gasteiger partial charge in [-0.1, -0.05) is 18.2 Å². The fourth-order valence-corrected chi connectivity index (χ4v) is 2.21. The number of hydrogen-bond donors (Lipinski definition) is 1. The maximum Gasteiger partial charge on any atom is 0.0702 e. The van der Waals surface area contributed by atoms with Crippen LogP contribution in [0.4, 0.5) is 0 Å². The number of nitrogens with zero attached hydrogens (tertiary/aromatic N) is 2. The van der Waals surface area contributed by atoms with Crippen LogP contribution in [0.1, 0.15) is 22.9 Å². The molecule has 0 saturated heterocycles. The summed E-state index contributed by atoms with van der Waals surface area (Å²) < 4.78 is 0. The van der Waals surface area contributed by atoms with Crippen LogP contribution in [-0.4, -0.2) is 9.97 Å². The van der Waals surface area contributed by atoms with Crippen molar-refractivity contribution in [3.05, 3.63) is 71.7 Å². The highest BCUT2D eigenvalue weighted by molar-refractivity contribution is 5.78. The van der Waals surface area contributed by atoms with Gasteiger partial charge in [-0.2, -0.15) is 0 Å². The molecule has 0 aliphatic carbocycles. The SMILES string of the molecule is Cc1cc(C(N)c2cnc3ccccc3c2)ccn1. The maximum atomic E-state index is 6.31. The van der Waals surface area contributed by atoms with Gasteiger partial charge in [-0.25, -0.2) is 0 Å². The summed E-state index contributed by atoms with van der Waals surface area (Å²) in [6, 6.07) is 13.9. The molecule has 19 heavy (non-hydrogen) atoms. The summed E-state index contributed by atoms with van der Waals surface area (Å²) in [4.78, 5) is 8.65. The lowest BCUT2D eigenvalue weighted by molar-refractivity contribution is 0.860. The average Bonchev–Trinajstić information content (AvgIpc) is 2.46. The Bertz CT molecular complexity index is 722. The first-order valence-corrected chi connectivity index (χ1v) is 6.27. The van der Waals surface area contributed by atoms with E-state index >= 15 is 0 Å². The molecule has 1 unspecified atom stereocenters. The largest absolute Gasteiger partial charge is 0.320 e. The lowest BCUT2D eigenvalue weighted by Gasteiger charge is -2.13. The van der Waals surface area contributed by atoms with E-state index in [4.69, 9.17) is 5.73 Å². The highest BCUT2D eigenvalue weighted by atomic mass is 14.7. The molecule has 0 saturated carbocycles. The molecule has 2 aromatic heterocycles. The second-order valence-electron chi connectivity index (χ2n) is 4.67. The fraction of sp³-hybridized carbons (Fsp3) is 0.125. The van der Waals surface area contributed by atoms with Crippen molar-refractivity contribution in [2.45, 2.75) is 13.0 Å². The molecule has 3 aromatic rings. The molecule has 1 aromatic carbocycles. The van der Waals surface area contributed by atoms with Gasteiger partial charge in [0.15, 0.2) is 0 Å². The number of hydrogen-bond acceptors (Lipinski definition) is 3. The summed E-state index contributed by atoms with van der Waals surface area (Å²) in [5.74, 6) is 0. The number of para-hydroxylation sites is 1. The van der Waals surface area contributed by atoms with Crippen molar-refractivity contribution in [2.75, 3.05) is 0 Å². The molecule has 3 heteroatoms. The van der Waals surface area contributed by atoms with E-state index in [0.29, 0.717) is 0 Å². The van der Waals surface area contributed by atoms with Gasteiger partial charge in [-0.05, 0) is 42.3 Å². The van der Waals surface area contributed by atoms with Gasteiger partial charge in [0.1, 0.15) is 0 Å². The normalized spacial score (nSPS) is 12.5. The smallest absolute Gasteiger partial charge is 0.0702 e. The van der Waals surface area contributed by atoms with Crippen molar-refractivity contribution in [1.82, 2.24) is 9.97 Å². The van der Waals surface area contributed by atoms with Crippen molar-refractivity contribution < 1.29 is 0 Å². The van der Waals surface area contributed by atoms with Crippen LogP contribution < -0.4 is 5.73 Å². The molecule has 0 spiro atoms. The zero-order valence-corrected chi connectivity index (χ0v) is 10.7. The van der Waals surface area contributed by atoms with Crippen molar-refractivity contribution in [3.63, 3.8) is 0 Å². The number of benzene rings is 1. The lowest BCUT2D eigenvalue weighted by atomic mass is 10.00. The Balaban J connectivity index is 2.04. The van der Waals surface area contributed by atoms with Crippen LogP contribution in [0.25, 0.3) is 10.9 Å². The topological polar surface area (TPSA) is 51.8 Å². The molecular formula is C16H15N3. The first kappa shape index (κ1) is 11.8. The highest BCUT2D eigenvalue weighted by Gasteiger charge is 2.10. The zero-order chi connectivity index (χ0) is 13.2. The molecular weight excluding hydrogens is 234 g/mol. The number of fused-ring (bicyclic) bond motifs is 1. The summed E-state index contributed by atoms with van der Waals surface area (Å²) in [6.45, 7) is 1.97. The third-order valence-corrected chi connectivity index (χ3v) is 3.25. The Morgan fingerprint density at radius 3 is 2.68 bits per heavy atom. The van der Waals surface area contributed by atoms with Gasteiger partial charge < -0.3 is 5.73 Å². The monoisotopic (exact) mass is 249 g/mol. The third-order valence-electron chi connectivity index (χ3n) is 3.25. The van der Waals surface area contributed by atoms with E-state index in [2.05, 4.69) is 22.1 Å². The quantitative estimate of drug-likeness (QED) is 0.759. The molecule has 0 fully saturated rings. The molecule has 0 radical (unpaired) electrons. The minimum Gasteiger partial charge on any atom is -0.320 e. The van der Waals surface area contributed by atoms with E-state index in [0.717, 1.165) is 27.7 Å². The van der Waals surface area contributed by atoms with E-state index in [-0.39, 0.29) is 6.04 Å². The van der Waals surface area contributed by atoms with Crippen molar-refractivity contribution >= 4 is 10.9 Å². The fourth-order valence-electron chi connectivity index (χ4n) is 2.21. The zero-order valence-electron chi connectivity index (χ0n) is 10.7. The maximum absolute atomic E-state index is 6.31. The van der Waals surface area contributed by atoms with Gasteiger partial charge in [0.05, 0.1) is 11.6 Å². The molecule has 0 amide bonds. The summed E-state index contributed by atoms with van der Waals surface area (Å²) in [5, 5.41) is 1.11. The number of nitrogens with two attached hydrogens (primary N) is 1. The van der Waals surface area contributed by atoms with Crippen molar-refractivity contribution in [1.29, 1.82) is 0 Å². The van der Waals surface area contributed by atoms with Crippen LogP contribution in [-0.2, 0) is 0 Å². The van der Waals surface area contributed by atoms with Gasteiger partial charge in [-0.3, -0.25) is 9.97 Å². The number of pyridine rings is 2. The van der Waals surface area contributed by atoms with Crippen LogP contribution in [0.15, 0.2) is 54.9 Å². The second kappa shape index (κ2) is 4.78. The summed E-state index contributed by atoms with van der Waals surface area (Å²) >= 11 is 0. The van der Waals surface area contributed by atoms with Crippen LogP contribution in [0.3, 0.4) is 0 Å². The first-order valence-electron chi connectivity index (χ1n) is 6.27. The molecule has 3 rings (SSSR count). The number of aromatic nitrogens is 2. The van der Waals surface area contributed by atoms with Gasteiger partial charge in [-0.15, -0.1) is 0 Å².